The number of rotatable bonds is 8. The molecule has 3 rings (SSSR count). The molecule has 1 atom stereocenters. The van der Waals surface area contributed by atoms with Crippen molar-refractivity contribution in [3.05, 3.63) is 84.4 Å². The third kappa shape index (κ3) is 7.57. The number of ether oxygens (including phenoxy) is 1. The highest BCUT2D eigenvalue weighted by atomic mass is 32.2. The molecule has 172 valence electrons. The Bertz CT molecular complexity index is 1110. The molecule has 3 aromatic carbocycles. The first-order valence-corrected chi connectivity index (χ1v) is 10.8. The molecule has 0 aliphatic heterocycles. The van der Waals surface area contributed by atoms with Gasteiger partial charge in [-0.25, -0.2) is 0 Å². The van der Waals surface area contributed by atoms with Gasteiger partial charge in [-0.15, -0.1) is 11.8 Å². The van der Waals surface area contributed by atoms with Crippen LogP contribution in [0, 0.1) is 0 Å². The zero-order valence-electron chi connectivity index (χ0n) is 17.6. The maximum absolute atomic E-state index is 12.9. The van der Waals surface area contributed by atoms with Crippen LogP contribution in [0.3, 0.4) is 0 Å². The molecule has 2 N–H and O–H groups in total. The van der Waals surface area contributed by atoms with E-state index in [-0.39, 0.29) is 18.2 Å². The van der Waals surface area contributed by atoms with Crippen LogP contribution in [-0.2, 0) is 15.8 Å². The van der Waals surface area contributed by atoms with Gasteiger partial charge in [-0.05, 0) is 55.5 Å². The van der Waals surface area contributed by atoms with Crippen molar-refractivity contribution in [2.45, 2.75) is 23.2 Å². The highest BCUT2D eigenvalue weighted by molar-refractivity contribution is 8.00. The summed E-state index contributed by atoms with van der Waals surface area (Å²) in [7, 11) is 0. The number of alkyl halides is 3. The zero-order chi connectivity index (χ0) is 23.8. The molecule has 0 radical (unpaired) electrons. The van der Waals surface area contributed by atoms with E-state index in [0.717, 1.165) is 12.1 Å². The van der Waals surface area contributed by atoms with E-state index in [4.69, 9.17) is 4.74 Å². The maximum atomic E-state index is 12.9. The minimum atomic E-state index is -4.49. The smallest absolute Gasteiger partial charge is 0.416 e. The molecule has 0 spiro atoms. The van der Waals surface area contributed by atoms with E-state index in [1.807, 2.05) is 6.07 Å². The van der Waals surface area contributed by atoms with Crippen LogP contribution in [0.15, 0.2) is 83.8 Å². The van der Waals surface area contributed by atoms with Crippen LogP contribution in [0.4, 0.5) is 24.5 Å². The fourth-order valence-electron chi connectivity index (χ4n) is 2.78. The van der Waals surface area contributed by atoms with Crippen molar-refractivity contribution in [2.24, 2.45) is 0 Å². The fourth-order valence-corrected chi connectivity index (χ4v) is 3.71. The van der Waals surface area contributed by atoms with Crippen molar-refractivity contribution in [1.82, 2.24) is 0 Å². The van der Waals surface area contributed by atoms with Gasteiger partial charge in [0.1, 0.15) is 5.75 Å². The SMILES string of the molecule is CC(Sc1cccc(NC(=O)COc2ccccc2)c1)C(=O)Nc1cccc(C(F)(F)F)c1. The summed E-state index contributed by atoms with van der Waals surface area (Å²) in [5, 5.41) is 4.65. The number of thioether (sulfide) groups is 1. The average Bonchev–Trinajstić information content (AvgIpc) is 2.78. The highest BCUT2D eigenvalue weighted by Crippen LogP contribution is 2.31. The monoisotopic (exact) mass is 474 g/mol. The Labute approximate surface area is 193 Å². The van der Waals surface area contributed by atoms with Crippen molar-refractivity contribution in [1.29, 1.82) is 0 Å². The molecule has 0 heterocycles. The van der Waals surface area contributed by atoms with E-state index in [9.17, 15) is 22.8 Å². The van der Waals surface area contributed by atoms with Gasteiger partial charge in [-0.2, -0.15) is 13.2 Å². The van der Waals surface area contributed by atoms with Crippen molar-refractivity contribution in [3.8, 4) is 5.75 Å². The van der Waals surface area contributed by atoms with Gasteiger partial charge in [0.2, 0.25) is 5.91 Å². The van der Waals surface area contributed by atoms with Crippen molar-refractivity contribution in [2.75, 3.05) is 17.2 Å². The van der Waals surface area contributed by atoms with Gasteiger partial charge >= 0.3 is 6.18 Å². The predicted octanol–water partition coefficient (Wildman–Crippen LogP) is 5.84. The van der Waals surface area contributed by atoms with Gasteiger partial charge in [0, 0.05) is 16.3 Å². The number of amides is 2. The number of para-hydroxylation sites is 1. The van der Waals surface area contributed by atoms with E-state index < -0.39 is 22.9 Å². The van der Waals surface area contributed by atoms with Gasteiger partial charge in [-0.3, -0.25) is 9.59 Å². The topological polar surface area (TPSA) is 67.4 Å². The standard InChI is InChI=1S/C24H21F3N2O3S/c1-16(23(31)29-18-8-5-7-17(13-18)24(25,26)27)33-21-12-6-9-19(14-21)28-22(30)15-32-20-10-3-2-4-11-20/h2-14,16H,15H2,1H3,(H,28,30)(H,29,31). The molecule has 0 aliphatic rings. The molecule has 3 aromatic rings. The fraction of sp³-hybridized carbons (Fsp3) is 0.167. The van der Waals surface area contributed by atoms with Crippen LogP contribution in [0.2, 0.25) is 0 Å². The Kier molecular flexibility index (Phi) is 8.00. The molecule has 9 heteroatoms. The van der Waals surface area contributed by atoms with Crippen LogP contribution in [0.5, 0.6) is 5.75 Å². The zero-order valence-corrected chi connectivity index (χ0v) is 18.4. The molecule has 5 nitrogen and oxygen atoms in total. The first-order chi connectivity index (χ1) is 15.7. The van der Waals surface area contributed by atoms with E-state index in [1.165, 1.54) is 23.9 Å². The van der Waals surface area contributed by atoms with Crippen LogP contribution in [-0.4, -0.2) is 23.7 Å². The van der Waals surface area contributed by atoms with Crippen molar-refractivity contribution in [3.63, 3.8) is 0 Å². The number of anilines is 2. The first-order valence-electron chi connectivity index (χ1n) is 9.93. The lowest BCUT2D eigenvalue weighted by Crippen LogP contribution is -2.22. The molecule has 0 aliphatic carbocycles. The van der Waals surface area contributed by atoms with Crippen molar-refractivity contribution >= 4 is 35.0 Å². The first kappa shape index (κ1) is 24.2. The quantitative estimate of drug-likeness (QED) is 0.403. The lowest BCUT2D eigenvalue weighted by molar-refractivity contribution is -0.137. The van der Waals surface area contributed by atoms with E-state index in [1.54, 1.807) is 55.5 Å². The molecule has 2 amide bonds. The second kappa shape index (κ2) is 10.9. The van der Waals surface area contributed by atoms with Gasteiger partial charge in [-0.1, -0.05) is 30.3 Å². The van der Waals surface area contributed by atoms with E-state index in [2.05, 4.69) is 10.6 Å². The van der Waals surface area contributed by atoms with Gasteiger partial charge in [0.25, 0.3) is 5.91 Å². The summed E-state index contributed by atoms with van der Waals surface area (Å²) in [6.07, 6.45) is -4.49. The molecule has 0 aromatic heterocycles. The molecule has 0 saturated heterocycles. The van der Waals surface area contributed by atoms with Gasteiger partial charge in [0.05, 0.1) is 10.8 Å². The van der Waals surface area contributed by atoms with Crippen LogP contribution in [0.1, 0.15) is 12.5 Å². The second-order valence-electron chi connectivity index (χ2n) is 7.01. The second-order valence-corrected chi connectivity index (χ2v) is 8.42. The maximum Gasteiger partial charge on any atom is 0.416 e. The van der Waals surface area contributed by atoms with Gasteiger partial charge < -0.3 is 15.4 Å². The minimum absolute atomic E-state index is 0.0710. The number of hydrogen-bond donors (Lipinski definition) is 2. The molecule has 0 bridgehead atoms. The van der Waals surface area contributed by atoms with E-state index in [0.29, 0.717) is 16.3 Å². The largest absolute Gasteiger partial charge is 0.484 e. The molecule has 0 fully saturated rings. The minimum Gasteiger partial charge on any atom is -0.484 e. The lowest BCUT2D eigenvalue weighted by Gasteiger charge is -2.14. The Morgan fingerprint density at radius 3 is 2.27 bits per heavy atom. The Morgan fingerprint density at radius 1 is 0.909 bits per heavy atom. The number of nitrogens with one attached hydrogen (secondary N) is 2. The van der Waals surface area contributed by atoms with Crippen molar-refractivity contribution < 1.29 is 27.5 Å². The number of hydrogen-bond acceptors (Lipinski definition) is 4. The summed E-state index contributed by atoms with van der Waals surface area (Å²) in [5.41, 5.74) is -0.228. The Morgan fingerprint density at radius 2 is 1.58 bits per heavy atom. The Balaban J connectivity index is 1.54. The predicted molar refractivity (Wildman–Crippen MR) is 122 cm³/mol. The third-order valence-corrected chi connectivity index (χ3v) is 5.46. The van der Waals surface area contributed by atoms with Gasteiger partial charge in [0.15, 0.2) is 6.61 Å². The number of carbonyl (C=O) groups excluding carboxylic acids is 2. The Hall–Kier alpha value is -3.46. The third-order valence-electron chi connectivity index (χ3n) is 4.37. The number of benzene rings is 3. The summed E-state index contributed by atoms with van der Waals surface area (Å²) in [4.78, 5) is 25.3. The number of carbonyl (C=O) groups is 2. The highest BCUT2D eigenvalue weighted by Gasteiger charge is 2.30. The van der Waals surface area contributed by atoms with E-state index >= 15 is 0 Å². The molecular formula is C24H21F3N2O3S. The molecule has 0 saturated carbocycles. The normalized spacial score (nSPS) is 12.0. The average molecular weight is 475 g/mol. The summed E-state index contributed by atoms with van der Waals surface area (Å²) in [6, 6.07) is 20.3. The summed E-state index contributed by atoms with van der Waals surface area (Å²) >= 11 is 1.22. The lowest BCUT2D eigenvalue weighted by atomic mass is 10.2. The molecule has 1 unspecified atom stereocenters. The summed E-state index contributed by atoms with van der Waals surface area (Å²) in [6.45, 7) is 1.49. The summed E-state index contributed by atoms with van der Waals surface area (Å²) < 4.78 is 44.0. The number of halogens is 3. The van der Waals surface area contributed by atoms with Crippen LogP contribution < -0.4 is 15.4 Å². The molecule has 33 heavy (non-hydrogen) atoms. The van der Waals surface area contributed by atoms with Crippen LogP contribution in [0.25, 0.3) is 0 Å². The molecular weight excluding hydrogens is 453 g/mol. The van der Waals surface area contributed by atoms with Crippen LogP contribution >= 0.6 is 11.8 Å². The summed E-state index contributed by atoms with van der Waals surface area (Å²) in [5.74, 6) is -0.195.